The number of allylic oxidation sites excluding steroid dienone is 6. The monoisotopic (exact) mass is 243 g/mol. The van der Waals surface area contributed by atoms with Gasteiger partial charge in [-0.15, -0.1) is 0 Å². The second-order valence-corrected chi connectivity index (χ2v) is 4.97. The van der Waals surface area contributed by atoms with Crippen molar-refractivity contribution in [3.8, 4) is 6.07 Å². The van der Waals surface area contributed by atoms with Crippen LogP contribution in [0.25, 0.3) is 0 Å². The van der Waals surface area contributed by atoms with E-state index >= 15 is 0 Å². The first-order chi connectivity index (χ1) is 8.88. The molecule has 18 heavy (non-hydrogen) atoms. The van der Waals surface area contributed by atoms with E-state index in [1.165, 1.54) is 11.1 Å². The van der Waals surface area contributed by atoms with Gasteiger partial charge in [0.2, 0.25) is 0 Å². The van der Waals surface area contributed by atoms with E-state index in [-0.39, 0.29) is 6.29 Å². The van der Waals surface area contributed by atoms with Gasteiger partial charge in [-0.3, -0.25) is 0 Å². The molecule has 0 N–H and O–H groups in total. The van der Waals surface area contributed by atoms with Crippen LogP contribution in [0, 0.1) is 17.2 Å². The van der Waals surface area contributed by atoms with Crippen molar-refractivity contribution in [2.45, 2.75) is 32.0 Å². The summed E-state index contributed by atoms with van der Waals surface area (Å²) in [5.41, 5.74) is 3.55. The Morgan fingerprint density at radius 3 is 2.94 bits per heavy atom. The zero-order valence-corrected chi connectivity index (χ0v) is 10.4. The number of fused-ring (bicyclic) bond motifs is 1. The molecule has 0 spiro atoms. The van der Waals surface area contributed by atoms with Crippen LogP contribution in [0.2, 0.25) is 0 Å². The van der Waals surface area contributed by atoms with Crippen molar-refractivity contribution in [3.63, 3.8) is 0 Å². The SMILES string of the molecule is N#CC1=C2CC=CC=C2C(CC2OCCO2)CC1. The fraction of sp³-hybridized carbons (Fsp3) is 0.533. The van der Waals surface area contributed by atoms with Crippen molar-refractivity contribution in [3.05, 3.63) is 34.9 Å². The average molecular weight is 243 g/mol. The minimum Gasteiger partial charge on any atom is -0.350 e. The van der Waals surface area contributed by atoms with Gasteiger partial charge >= 0.3 is 0 Å². The van der Waals surface area contributed by atoms with Gasteiger partial charge in [-0.25, -0.2) is 0 Å². The second-order valence-electron chi connectivity index (χ2n) is 4.97. The highest BCUT2D eigenvalue weighted by molar-refractivity contribution is 5.49. The molecule has 1 atom stereocenters. The first kappa shape index (κ1) is 11.7. The lowest BCUT2D eigenvalue weighted by molar-refractivity contribution is -0.0547. The van der Waals surface area contributed by atoms with Crippen molar-refractivity contribution in [1.29, 1.82) is 5.26 Å². The van der Waals surface area contributed by atoms with Crippen LogP contribution >= 0.6 is 0 Å². The number of nitrogens with zero attached hydrogens (tertiary/aromatic N) is 1. The lowest BCUT2D eigenvalue weighted by Crippen LogP contribution is -2.21. The fourth-order valence-electron chi connectivity index (χ4n) is 3.02. The van der Waals surface area contributed by atoms with Crippen LogP contribution in [0.4, 0.5) is 0 Å². The third-order valence-corrected chi connectivity index (χ3v) is 3.93. The highest BCUT2D eigenvalue weighted by Gasteiger charge is 2.30. The van der Waals surface area contributed by atoms with E-state index in [2.05, 4.69) is 24.3 Å². The van der Waals surface area contributed by atoms with Crippen molar-refractivity contribution < 1.29 is 9.47 Å². The summed E-state index contributed by atoms with van der Waals surface area (Å²) in [7, 11) is 0. The summed E-state index contributed by atoms with van der Waals surface area (Å²) < 4.78 is 11.1. The van der Waals surface area contributed by atoms with E-state index in [1.54, 1.807) is 0 Å². The minimum atomic E-state index is -0.0494. The quantitative estimate of drug-likeness (QED) is 0.749. The predicted molar refractivity (Wildman–Crippen MR) is 67.5 cm³/mol. The summed E-state index contributed by atoms with van der Waals surface area (Å²) >= 11 is 0. The molecular weight excluding hydrogens is 226 g/mol. The number of ether oxygens (including phenoxy) is 2. The first-order valence-electron chi connectivity index (χ1n) is 6.61. The van der Waals surface area contributed by atoms with Gasteiger partial charge in [-0.2, -0.15) is 5.26 Å². The molecule has 1 fully saturated rings. The van der Waals surface area contributed by atoms with Crippen LogP contribution in [0.5, 0.6) is 0 Å². The maximum Gasteiger partial charge on any atom is 0.158 e. The molecule has 3 nitrogen and oxygen atoms in total. The van der Waals surface area contributed by atoms with E-state index in [0.717, 1.165) is 31.3 Å². The molecule has 0 aromatic rings. The summed E-state index contributed by atoms with van der Waals surface area (Å²) in [5.74, 6) is 0.477. The molecule has 2 aliphatic carbocycles. The minimum absolute atomic E-state index is 0.0494. The van der Waals surface area contributed by atoms with Crippen LogP contribution in [0.3, 0.4) is 0 Å². The molecule has 1 heterocycles. The van der Waals surface area contributed by atoms with Crippen molar-refractivity contribution in [1.82, 2.24) is 0 Å². The van der Waals surface area contributed by atoms with Crippen LogP contribution in [0.1, 0.15) is 25.7 Å². The van der Waals surface area contributed by atoms with Gasteiger partial charge in [0.1, 0.15) is 0 Å². The highest BCUT2D eigenvalue weighted by atomic mass is 16.7. The average Bonchev–Trinajstić information content (AvgIpc) is 2.92. The molecule has 3 heteroatoms. The second kappa shape index (κ2) is 5.09. The van der Waals surface area contributed by atoms with Crippen molar-refractivity contribution in [2.24, 2.45) is 5.92 Å². The normalized spacial score (nSPS) is 27.9. The summed E-state index contributed by atoms with van der Waals surface area (Å²) in [4.78, 5) is 0. The van der Waals surface area contributed by atoms with Gasteiger partial charge < -0.3 is 9.47 Å². The molecule has 94 valence electrons. The van der Waals surface area contributed by atoms with Gasteiger partial charge in [-0.05, 0) is 36.3 Å². The predicted octanol–water partition coefficient (Wildman–Crippen LogP) is 2.87. The van der Waals surface area contributed by atoms with Crippen molar-refractivity contribution in [2.75, 3.05) is 13.2 Å². The molecule has 0 amide bonds. The molecule has 1 aliphatic heterocycles. The summed E-state index contributed by atoms with van der Waals surface area (Å²) in [6.45, 7) is 1.42. The van der Waals surface area contributed by atoms with Crippen LogP contribution in [-0.4, -0.2) is 19.5 Å². The number of hydrogen-bond donors (Lipinski definition) is 0. The Morgan fingerprint density at radius 2 is 2.17 bits per heavy atom. The molecule has 0 aromatic heterocycles. The summed E-state index contributed by atoms with van der Waals surface area (Å²) in [5, 5.41) is 9.19. The summed E-state index contributed by atoms with van der Waals surface area (Å²) in [6, 6.07) is 2.36. The molecule has 1 unspecified atom stereocenters. The van der Waals surface area contributed by atoms with Gasteiger partial charge in [-0.1, -0.05) is 18.2 Å². The first-order valence-corrected chi connectivity index (χ1v) is 6.61. The Balaban J connectivity index is 1.81. The van der Waals surface area contributed by atoms with Gasteiger partial charge in [0.15, 0.2) is 6.29 Å². The lowest BCUT2D eigenvalue weighted by Gasteiger charge is -2.30. The number of nitriles is 1. The van der Waals surface area contributed by atoms with E-state index in [4.69, 9.17) is 9.47 Å². The van der Waals surface area contributed by atoms with E-state index in [9.17, 15) is 5.26 Å². The Bertz CT molecular complexity index is 461. The van der Waals surface area contributed by atoms with Gasteiger partial charge in [0.25, 0.3) is 0 Å². The number of hydrogen-bond acceptors (Lipinski definition) is 3. The molecule has 3 aliphatic rings. The molecule has 3 rings (SSSR count). The summed E-state index contributed by atoms with van der Waals surface area (Å²) in [6.07, 6.45) is 10.1. The Morgan fingerprint density at radius 1 is 1.33 bits per heavy atom. The molecule has 0 aromatic carbocycles. The van der Waals surface area contributed by atoms with E-state index in [1.807, 2.05) is 0 Å². The zero-order chi connectivity index (χ0) is 12.4. The lowest BCUT2D eigenvalue weighted by atomic mass is 9.75. The largest absolute Gasteiger partial charge is 0.350 e. The maximum absolute atomic E-state index is 9.19. The van der Waals surface area contributed by atoms with E-state index < -0.39 is 0 Å². The van der Waals surface area contributed by atoms with Crippen LogP contribution < -0.4 is 0 Å². The van der Waals surface area contributed by atoms with Gasteiger partial charge in [0.05, 0.1) is 19.3 Å². The number of rotatable bonds is 2. The van der Waals surface area contributed by atoms with Crippen LogP contribution in [-0.2, 0) is 9.47 Å². The van der Waals surface area contributed by atoms with Crippen molar-refractivity contribution >= 4 is 0 Å². The molecular formula is C15H17NO2. The Labute approximate surface area is 107 Å². The molecule has 0 bridgehead atoms. The third-order valence-electron chi connectivity index (χ3n) is 3.93. The zero-order valence-electron chi connectivity index (χ0n) is 10.4. The highest BCUT2D eigenvalue weighted by Crippen LogP contribution is 2.40. The van der Waals surface area contributed by atoms with Gasteiger partial charge in [0, 0.05) is 12.0 Å². The third kappa shape index (κ3) is 2.14. The topological polar surface area (TPSA) is 42.2 Å². The molecule has 0 radical (unpaired) electrons. The van der Waals surface area contributed by atoms with Crippen LogP contribution in [0.15, 0.2) is 34.9 Å². The Hall–Kier alpha value is -1.37. The molecule has 0 saturated carbocycles. The van der Waals surface area contributed by atoms with E-state index in [0.29, 0.717) is 19.1 Å². The smallest absolute Gasteiger partial charge is 0.158 e. The maximum atomic E-state index is 9.19. The fourth-order valence-corrected chi connectivity index (χ4v) is 3.02. The molecule has 1 saturated heterocycles. The Kier molecular flexibility index (Phi) is 3.31. The standard InChI is InChI=1S/C15H17NO2/c16-10-12-6-5-11(9-15-17-7-8-18-15)13-3-1-2-4-14(12)13/h1-3,11,15H,4-9H2.